The van der Waals surface area contributed by atoms with Crippen LogP contribution >= 0.6 is 0 Å². The highest BCUT2D eigenvalue weighted by atomic mass is 16.6. The number of amides is 1. The van der Waals surface area contributed by atoms with Crippen LogP contribution < -0.4 is 0 Å². The van der Waals surface area contributed by atoms with Gasteiger partial charge in [0.1, 0.15) is 0 Å². The average molecular weight is 372 g/mol. The molecule has 2 atom stereocenters. The third kappa shape index (κ3) is 6.15. The largest absolute Gasteiger partial charge is 0.464 e. The van der Waals surface area contributed by atoms with Crippen LogP contribution in [0.25, 0.3) is 0 Å². The highest BCUT2D eigenvalue weighted by Crippen LogP contribution is 2.34. The van der Waals surface area contributed by atoms with E-state index in [-0.39, 0.29) is 10.8 Å². The number of carbonyl (C=O) groups is 2. The molecule has 1 amide bonds. The minimum Gasteiger partial charge on any atom is -0.464 e. The summed E-state index contributed by atoms with van der Waals surface area (Å²) in [5, 5.41) is 0. The van der Waals surface area contributed by atoms with Gasteiger partial charge in [-0.2, -0.15) is 0 Å². The van der Waals surface area contributed by atoms with Gasteiger partial charge in [-0.05, 0) is 37.0 Å². The first kappa shape index (κ1) is 22.7. The number of esters is 1. The van der Waals surface area contributed by atoms with Crippen molar-refractivity contribution in [2.24, 2.45) is 10.8 Å². The molecule has 1 heterocycles. The number of rotatable bonds is 6. The van der Waals surface area contributed by atoms with Crippen molar-refractivity contribution >= 4 is 12.1 Å². The van der Waals surface area contributed by atoms with E-state index in [1.165, 1.54) is 4.90 Å². The molecule has 6 heteroatoms. The first-order valence-corrected chi connectivity index (χ1v) is 9.46. The van der Waals surface area contributed by atoms with Crippen LogP contribution in [0.2, 0.25) is 0 Å². The van der Waals surface area contributed by atoms with Gasteiger partial charge in [0.15, 0.2) is 5.54 Å². The Kier molecular flexibility index (Phi) is 7.52. The lowest BCUT2D eigenvalue weighted by molar-refractivity contribution is -0.161. The molecule has 1 fully saturated rings. The summed E-state index contributed by atoms with van der Waals surface area (Å²) in [6.07, 6.45) is 1.20. The van der Waals surface area contributed by atoms with Gasteiger partial charge < -0.3 is 14.2 Å². The van der Waals surface area contributed by atoms with E-state index < -0.39 is 23.7 Å². The van der Waals surface area contributed by atoms with Gasteiger partial charge in [0.2, 0.25) is 0 Å². The van der Waals surface area contributed by atoms with Crippen molar-refractivity contribution in [3.63, 3.8) is 0 Å². The summed E-state index contributed by atoms with van der Waals surface area (Å²) >= 11 is 0. The molecular weight excluding hydrogens is 334 g/mol. The van der Waals surface area contributed by atoms with Gasteiger partial charge in [-0.1, -0.05) is 41.5 Å². The highest BCUT2D eigenvalue weighted by Gasteiger charge is 2.55. The van der Waals surface area contributed by atoms with Crippen molar-refractivity contribution in [1.29, 1.82) is 0 Å². The molecule has 0 bridgehead atoms. The van der Waals surface area contributed by atoms with E-state index in [0.717, 1.165) is 12.8 Å². The van der Waals surface area contributed by atoms with Crippen LogP contribution in [0.15, 0.2) is 0 Å². The van der Waals surface area contributed by atoms with Gasteiger partial charge in [0.05, 0.1) is 19.3 Å². The summed E-state index contributed by atoms with van der Waals surface area (Å²) in [4.78, 5) is 26.9. The fourth-order valence-corrected chi connectivity index (χ4v) is 2.92. The van der Waals surface area contributed by atoms with Gasteiger partial charge in [-0.15, -0.1) is 0 Å². The molecule has 1 rings (SSSR count). The highest BCUT2D eigenvalue weighted by molar-refractivity contribution is 5.87. The zero-order valence-electron chi connectivity index (χ0n) is 17.8. The number of hydrogen-bond acceptors (Lipinski definition) is 5. The van der Waals surface area contributed by atoms with Crippen molar-refractivity contribution in [2.75, 3.05) is 26.9 Å². The second kappa shape index (κ2) is 8.59. The Bertz CT molecular complexity index is 491. The minimum absolute atomic E-state index is 0.0725. The van der Waals surface area contributed by atoms with Crippen molar-refractivity contribution in [1.82, 2.24) is 4.90 Å². The maximum Gasteiger partial charge on any atom is 0.410 e. The molecule has 1 saturated heterocycles. The molecule has 0 aromatic carbocycles. The Morgan fingerprint density at radius 3 is 1.96 bits per heavy atom. The first-order chi connectivity index (χ1) is 11.8. The molecule has 152 valence electrons. The van der Waals surface area contributed by atoms with Crippen LogP contribution in [-0.2, 0) is 19.0 Å². The molecule has 0 spiro atoms. The number of hydrogen-bond donors (Lipinski definition) is 0. The van der Waals surface area contributed by atoms with E-state index in [9.17, 15) is 9.59 Å². The van der Waals surface area contributed by atoms with Crippen LogP contribution in [0.3, 0.4) is 0 Å². The molecule has 0 N–H and O–H groups in total. The summed E-state index contributed by atoms with van der Waals surface area (Å²) < 4.78 is 16.4. The fourth-order valence-electron chi connectivity index (χ4n) is 2.92. The van der Waals surface area contributed by atoms with Crippen molar-refractivity contribution in [3.8, 4) is 0 Å². The van der Waals surface area contributed by atoms with Crippen molar-refractivity contribution in [3.05, 3.63) is 0 Å². The quantitative estimate of drug-likeness (QED) is 0.660. The van der Waals surface area contributed by atoms with Gasteiger partial charge in [-0.3, -0.25) is 4.90 Å². The minimum atomic E-state index is -1.16. The Balaban J connectivity index is 2.77. The van der Waals surface area contributed by atoms with Crippen LogP contribution in [0.1, 0.15) is 67.7 Å². The summed E-state index contributed by atoms with van der Waals surface area (Å²) in [5.74, 6) is -0.432. The molecule has 0 aromatic heterocycles. The maximum atomic E-state index is 12.8. The second-order valence-corrected chi connectivity index (χ2v) is 9.68. The zero-order valence-corrected chi connectivity index (χ0v) is 17.8. The molecule has 6 nitrogen and oxygen atoms in total. The van der Waals surface area contributed by atoms with E-state index in [0.29, 0.717) is 26.2 Å². The number of carbonyl (C=O) groups excluding carboxylic acids is 2. The topological polar surface area (TPSA) is 65.1 Å². The smallest absolute Gasteiger partial charge is 0.410 e. The fraction of sp³-hybridized carbons (Fsp3) is 0.900. The normalized spacial score (nSPS) is 23.8. The molecule has 0 aromatic rings. The summed E-state index contributed by atoms with van der Waals surface area (Å²) in [6, 6.07) is 0. The molecule has 0 radical (unpaired) electrons. The Morgan fingerprint density at radius 1 is 1.00 bits per heavy atom. The van der Waals surface area contributed by atoms with Gasteiger partial charge in [0.25, 0.3) is 0 Å². The van der Waals surface area contributed by atoms with E-state index in [1.54, 1.807) is 14.0 Å². The summed E-state index contributed by atoms with van der Waals surface area (Å²) in [5.41, 5.74) is -1.01. The monoisotopic (exact) mass is 371 g/mol. The summed E-state index contributed by atoms with van der Waals surface area (Å²) in [7, 11) is 1.56. The summed E-state index contributed by atoms with van der Waals surface area (Å²) in [6.45, 7) is 15.3. The third-order valence-corrected chi connectivity index (χ3v) is 4.88. The number of likely N-dealkylation sites (tertiary alicyclic amines) is 1. The Morgan fingerprint density at radius 2 is 1.50 bits per heavy atom. The molecule has 26 heavy (non-hydrogen) atoms. The van der Waals surface area contributed by atoms with Gasteiger partial charge >= 0.3 is 12.1 Å². The van der Waals surface area contributed by atoms with E-state index in [4.69, 9.17) is 14.2 Å². The molecule has 0 aliphatic carbocycles. The van der Waals surface area contributed by atoms with E-state index >= 15 is 0 Å². The third-order valence-electron chi connectivity index (χ3n) is 4.88. The van der Waals surface area contributed by atoms with Crippen LogP contribution in [0.4, 0.5) is 4.79 Å². The number of ether oxygens (including phenoxy) is 3. The zero-order chi connectivity index (χ0) is 20.2. The number of methoxy groups -OCH3 is 1. The van der Waals surface area contributed by atoms with Crippen LogP contribution in [0, 0.1) is 10.8 Å². The van der Waals surface area contributed by atoms with E-state index in [1.807, 2.05) is 0 Å². The predicted octanol–water partition coefficient (Wildman–Crippen LogP) is 4.02. The van der Waals surface area contributed by atoms with Crippen LogP contribution in [-0.4, -0.2) is 55.5 Å². The van der Waals surface area contributed by atoms with E-state index in [2.05, 4.69) is 41.5 Å². The Hall–Kier alpha value is -1.30. The lowest BCUT2D eigenvalue weighted by Gasteiger charge is -2.35. The van der Waals surface area contributed by atoms with Gasteiger partial charge in [0, 0.05) is 13.7 Å². The lowest BCUT2D eigenvalue weighted by atomic mass is 9.92. The van der Waals surface area contributed by atoms with Crippen molar-refractivity contribution in [2.45, 2.75) is 79.4 Å². The molecular formula is C20H37NO5. The van der Waals surface area contributed by atoms with Crippen molar-refractivity contribution < 1.29 is 23.8 Å². The molecule has 2 unspecified atom stereocenters. The SMILES string of the molecule is COC1CCN(C(=O)OCCC(C)(C)C)C1(C)C(=O)OCCC(C)(C)C. The predicted molar refractivity (Wildman–Crippen MR) is 101 cm³/mol. The standard InChI is InChI=1S/C20H37NO5/c1-18(2,3)10-13-25-16(22)20(7)15(24-8)9-12-21(20)17(23)26-14-11-19(4,5)6/h15H,9-14H2,1-8H3. The van der Waals surface area contributed by atoms with Crippen LogP contribution in [0.5, 0.6) is 0 Å². The average Bonchev–Trinajstić information content (AvgIpc) is 2.82. The lowest BCUT2D eigenvalue weighted by Crippen LogP contribution is -2.57. The number of nitrogens with zero attached hydrogens (tertiary/aromatic N) is 1. The first-order valence-electron chi connectivity index (χ1n) is 9.46. The molecule has 0 saturated carbocycles. The maximum absolute atomic E-state index is 12.8. The second-order valence-electron chi connectivity index (χ2n) is 9.68. The molecule has 1 aliphatic heterocycles. The van der Waals surface area contributed by atoms with Gasteiger partial charge in [-0.25, -0.2) is 9.59 Å². The Labute approximate surface area is 158 Å². The molecule has 1 aliphatic rings.